The molecule has 0 saturated heterocycles. The van der Waals surface area contributed by atoms with Crippen molar-refractivity contribution < 1.29 is 29.3 Å². The van der Waals surface area contributed by atoms with Gasteiger partial charge in [-0.2, -0.15) is 0 Å². The van der Waals surface area contributed by atoms with Crippen LogP contribution in [0.25, 0.3) is 10.8 Å². The van der Waals surface area contributed by atoms with Gasteiger partial charge in [0.05, 0.1) is 6.61 Å². The lowest BCUT2D eigenvalue weighted by molar-refractivity contribution is -0.141. The Kier molecular flexibility index (Phi) is 10.4. The maximum absolute atomic E-state index is 14.4. The number of hydrogen-bond acceptors (Lipinski definition) is 6. The van der Waals surface area contributed by atoms with Crippen LogP contribution in [0.2, 0.25) is 0 Å². The first kappa shape index (κ1) is 32.6. The van der Waals surface area contributed by atoms with Crippen molar-refractivity contribution in [2.24, 2.45) is 0 Å². The first-order valence-electron chi connectivity index (χ1n) is 14.5. The Morgan fingerprint density at radius 1 is 0.933 bits per heavy atom. The number of rotatable bonds is 10. The minimum atomic E-state index is -1.27. The first-order valence-corrected chi connectivity index (χ1v) is 14.5. The molecule has 3 amide bonds. The second-order valence-corrected chi connectivity index (χ2v) is 11.5. The van der Waals surface area contributed by atoms with Gasteiger partial charge in [0.2, 0.25) is 5.91 Å². The van der Waals surface area contributed by atoms with Crippen LogP contribution in [0.15, 0.2) is 91.0 Å². The molecule has 9 nitrogen and oxygen atoms in total. The molecule has 0 bridgehead atoms. The van der Waals surface area contributed by atoms with Gasteiger partial charge in [-0.15, -0.1) is 6.42 Å². The number of nitrogens with zero attached hydrogens (tertiary/aromatic N) is 1. The van der Waals surface area contributed by atoms with Crippen molar-refractivity contribution in [1.82, 2.24) is 10.2 Å². The number of aromatic hydroxyl groups is 1. The van der Waals surface area contributed by atoms with E-state index in [2.05, 4.69) is 16.6 Å². The van der Waals surface area contributed by atoms with E-state index in [0.29, 0.717) is 22.4 Å². The van der Waals surface area contributed by atoms with E-state index in [1.165, 1.54) is 17.0 Å². The van der Waals surface area contributed by atoms with Crippen molar-refractivity contribution in [3.05, 3.63) is 108 Å². The summed E-state index contributed by atoms with van der Waals surface area (Å²) in [6.45, 7) is 4.39. The molecule has 0 spiro atoms. The van der Waals surface area contributed by atoms with Gasteiger partial charge in [0, 0.05) is 24.2 Å². The highest BCUT2D eigenvalue weighted by atomic mass is 16.6. The number of aliphatic hydroxyl groups is 1. The monoisotopic (exact) mass is 607 g/mol. The molecule has 0 radical (unpaired) electrons. The van der Waals surface area contributed by atoms with Gasteiger partial charge in [0.1, 0.15) is 23.4 Å². The summed E-state index contributed by atoms with van der Waals surface area (Å²) < 4.78 is 5.44. The summed E-state index contributed by atoms with van der Waals surface area (Å²) in [5.74, 6) is 1.43. The Hall–Kier alpha value is -5.33. The standard InChI is InChI=1S/C36H37N3O6/c1-5-25-10-8-9-13-30(25)32(33(42)37-28-17-16-26-11-6-7-12-27(26)23-28)39(20-21-40)34(43)31(38-35(44)45-36(2,3)4)22-24-14-18-29(41)19-15-24/h1,6-19,23,31-32,40-41H,20-22H2,2-4H3,(H,37,42)(H,38,44). The molecule has 4 rings (SSSR count). The summed E-state index contributed by atoms with van der Waals surface area (Å²) in [6, 6.07) is 23.7. The van der Waals surface area contributed by atoms with Crippen molar-refractivity contribution in [2.75, 3.05) is 18.5 Å². The number of ether oxygens (including phenoxy) is 1. The number of phenols is 1. The van der Waals surface area contributed by atoms with Gasteiger partial charge in [-0.3, -0.25) is 9.59 Å². The molecule has 0 saturated carbocycles. The number of hydrogen-bond donors (Lipinski definition) is 4. The molecule has 9 heteroatoms. The number of amides is 3. The lowest BCUT2D eigenvalue weighted by atomic mass is 9.96. The molecule has 0 aromatic heterocycles. The molecule has 0 aliphatic carbocycles. The van der Waals surface area contributed by atoms with Gasteiger partial charge in [-0.05, 0) is 73.0 Å². The lowest BCUT2D eigenvalue weighted by Crippen LogP contribution is -2.54. The highest BCUT2D eigenvalue weighted by Crippen LogP contribution is 2.28. The number of aliphatic hydroxyl groups excluding tert-OH is 1. The molecule has 2 atom stereocenters. The predicted molar refractivity (Wildman–Crippen MR) is 173 cm³/mol. The Morgan fingerprint density at radius 3 is 2.27 bits per heavy atom. The maximum atomic E-state index is 14.4. The van der Waals surface area contributed by atoms with E-state index >= 15 is 0 Å². The Morgan fingerprint density at radius 2 is 1.60 bits per heavy atom. The average molecular weight is 608 g/mol. The molecule has 4 aromatic rings. The van der Waals surface area contributed by atoms with E-state index in [4.69, 9.17) is 11.2 Å². The molecule has 2 unspecified atom stereocenters. The van der Waals surface area contributed by atoms with Gasteiger partial charge in [-0.1, -0.05) is 66.6 Å². The van der Waals surface area contributed by atoms with Crippen LogP contribution in [0.3, 0.4) is 0 Å². The van der Waals surface area contributed by atoms with Gasteiger partial charge in [0.15, 0.2) is 0 Å². The van der Waals surface area contributed by atoms with E-state index in [9.17, 15) is 24.6 Å². The smallest absolute Gasteiger partial charge is 0.408 e. The number of nitrogens with one attached hydrogen (secondary N) is 2. The molecule has 4 N–H and O–H groups in total. The number of phenolic OH excluding ortho intramolecular Hbond substituents is 1. The SMILES string of the molecule is C#Cc1ccccc1C(C(=O)Nc1ccc2ccccc2c1)N(CCO)C(=O)C(Cc1ccc(O)cc1)NC(=O)OC(C)(C)C. The zero-order valence-corrected chi connectivity index (χ0v) is 25.5. The van der Waals surface area contributed by atoms with Gasteiger partial charge in [-0.25, -0.2) is 4.79 Å². The molecule has 4 aromatic carbocycles. The fourth-order valence-corrected chi connectivity index (χ4v) is 4.99. The van der Waals surface area contributed by atoms with Crippen LogP contribution in [0.1, 0.15) is 43.5 Å². The quantitative estimate of drug-likeness (QED) is 0.184. The van der Waals surface area contributed by atoms with Crippen LogP contribution in [-0.4, -0.2) is 57.8 Å². The molecule has 0 fully saturated rings. The Balaban J connectivity index is 1.76. The lowest BCUT2D eigenvalue weighted by Gasteiger charge is -2.34. The van der Waals surface area contributed by atoms with Crippen LogP contribution < -0.4 is 10.6 Å². The van der Waals surface area contributed by atoms with Crippen LogP contribution in [0, 0.1) is 12.3 Å². The minimum Gasteiger partial charge on any atom is -0.508 e. The van der Waals surface area contributed by atoms with Crippen molar-refractivity contribution in [2.45, 2.75) is 44.9 Å². The number of carbonyl (C=O) groups excluding carboxylic acids is 3. The van der Waals surface area contributed by atoms with Crippen LogP contribution in [-0.2, 0) is 20.7 Å². The minimum absolute atomic E-state index is 0.0100. The van der Waals surface area contributed by atoms with Crippen LogP contribution in [0.4, 0.5) is 10.5 Å². The summed E-state index contributed by atoms with van der Waals surface area (Å²) in [7, 11) is 0. The number of benzene rings is 4. The summed E-state index contributed by atoms with van der Waals surface area (Å²) in [5.41, 5.74) is 1.07. The Labute approximate surface area is 262 Å². The number of terminal acetylenes is 1. The van der Waals surface area contributed by atoms with Crippen molar-refractivity contribution in [1.29, 1.82) is 0 Å². The molecule has 0 aliphatic rings. The highest BCUT2D eigenvalue weighted by molar-refractivity contribution is 6.00. The fourth-order valence-electron chi connectivity index (χ4n) is 4.99. The van der Waals surface area contributed by atoms with E-state index in [1.54, 1.807) is 63.2 Å². The normalized spacial score (nSPS) is 12.4. The zero-order valence-electron chi connectivity index (χ0n) is 25.5. The number of carbonyl (C=O) groups is 3. The fraction of sp³-hybridized carbons (Fsp3) is 0.250. The average Bonchev–Trinajstić information content (AvgIpc) is 3.00. The second kappa shape index (κ2) is 14.4. The maximum Gasteiger partial charge on any atom is 0.408 e. The van der Waals surface area contributed by atoms with Gasteiger partial charge < -0.3 is 30.5 Å². The number of anilines is 1. The molecule has 45 heavy (non-hydrogen) atoms. The molecule has 0 aliphatic heterocycles. The largest absolute Gasteiger partial charge is 0.508 e. The summed E-state index contributed by atoms with van der Waals surface area (Å²) in [6.07, 6.45) is 5.00. The van der Waals surface area contributed by atoms with Gasteiger partial charge >= 0.3 is 6.09 Å². The van der Waals surface area contributed by atoms with E-state index in [-0.39, 0.29) is 18.7 Å². The number of alkyl carbamates (subject to hydrolysis) is 1. The van der Waals surface area contributed by atoms with E-state index < -0.39 is 42.2 Å². The third kappa shape index (κ3) is 8.62. The predicted octanol–water partition coefficient (Wildman–Crippen LogP) is 5.16. The topological polar surface area (TPSA) is 128 Å². The summed E-state index contributed by atoms with van der Waals surface area (Å²) in [4.78, 5) is 42.7. The van der Waals surface area contributed by atoms with Gasteiger partial charge in [0.25, 0.3) is 5.91 Å². The molecular weight excluding hydrogens is 570 g/mol. The second-order valence-electron chi connectivity index (χ2n) is 11.5. The first-order chi connectivity index (χ1) is 21.5. The third-order valence-corrected chi connectivity index (χ3v) is 6.98. The van der Waals surface area contributed by atoms with E-state index in [0.717, 1.165) is 10.8 Å². The highest BCUT2D eigenvalue weighted by Gasteiger charge is 2.37. The van der Waals surface area contributed by atoms with Crippen molar-refractivity contribution in [3.63, 3.8) is 0 Å². The van der Waals surface area contributed by atoms with Crippen LogP contribution >= 0.6 is 0 Å². The Bertz CT molecular complexity index is 1700. The van der Waals surface area contributed by atoms with E-state index in [1.807, 2.05) is 36.4 Å². The van der Waals surface area contributed by atoms with Crippen molar-refractivity contribution in [3.8, 4) is 18.1 Å². The van der Waals surface area contributed by atoms with Crippen molar-refractivity contribution >= 4 is 34.4 Å². The number of fused-ring (bicyclic) bond motifs is 1. The zero-order chi connectivity index (χ0) is 32.6. The van der Waals surface area contributed by atoms with Crippen LogP contribution in [0.5, 0.6) is 5.75 Å². The summed E-state index contributed by atoms with van der Waals surface area (Å²) >= 11 is 0. The summed E-state index contributed by atoms with van der Waals surface area (Å²) in [5, 5.41) is 27.4. The molecule has 232 valence electrons. The molecular formula is C36H37N3O6. The molecule has 0 heterocycles. The third-order valence-electron chi connectivity index (χ3n) is 6.98.